The van der Waals surface area contributed by atoms with Crippen molar-refractivity contribution in [2.75, 3.05) is 27.4 Å². The number of aliphatic hydroxyl groups is 3. The summed E-state index contributed by atoms with van der Waals surface area (Å²) in [6, 6.07) is 0. The van der Waals surface area contributed by atoms with Gasteiger partial charge in [-0.3, -0.25) is 4.79 Å². The normalized spacial score (nSPS) is 30.3. The zero-order valence-electron chi connectivity index (χ0n) is 18.0. The molecule has 3 aliphatic carbocycles. The van der Waals surface area contributed by atoms with Crippen molar-refractivity contribution < 1.29 is 43.9 Å². The quantitative estimate of drug-likeness (QED) is 0.416. The second-order valence-electron chi connectivity index (χ2n) is 7.98. The number of ketones is 1. The number of esters is 2. The highest BCUT2D eigenvalue weighted by atomic mass is 16.6. The van der Waals surface area contributed by atoms with E-state index in [0.29, 0.717) is 29.6 Å². The summed E-state index contributed by atoms with van der Waals surface area (Å²) in [6.45, 7) is -0.239. The molecule has 0 saturated carbocycles. The number of carbonyl (C=O) groups is 3. The average Bonchev–Trinajstić information content (AvgIpc) is 3.44. The molecule has 174 valence electrons. The van der Waals surface area contributed by atoms with Crippen LogP contribution in [0.3, 0.4) is 0 Å². The molecule has 0 saturated heterocycles. The first-order chi connectivity index (χ1) is 15.4. The zero-order valence-corrected chi connectivity index (χ0v) is 18.0. The number of allylic oxidation sites excluding steroid dienone is 3. The molecule has 4 aliphatic rings. The maximum Gasteiger partial charge on any atom is 0.337 e. The molecule has 4 rings (SSSR count). The minimum absolute atomic E-state index is 0.0791. The Labute approximate surface area is 185 Å². The van der Waals surface area contributed by atoms with Gasteiger partial charge in [0, 0.05) is 29.7 Å². The Morgan fingerprint density at radius 3 is 2.19 bits per heavy atom. The highest BCUT2D eigenvalue weighted by Crippen LogP contribution is 2.43. The summed E-state index contributed by atoms with van der Waals surface area (Å²) in [7, 11) is 2.64. The van der Waals surface area contributed by atoms with Crippen LogP contribution in [0.5, 0.6) is 0 Å². The Hall–Kier alpha value is -2.75. The molecular formula is C23H28O9. The molecule has 0 radical (unpaired) electrons. The molecule has 5 atom stereocenters. The van der Waals surface area contributed by atoms with Crippen LogP contribution >= 0.6 is 0 Å². The van der Waals surface area contributed by atoms with Crippen LogP contribution in [0.1, 0.15) is 19.3 Å². The van der Waals surface area contributed by atoms with E-state index in [1.54, 1.807) is 6.08 Å². The van der Waals surface area contributed by atoms with Crippen LogP contribution in [0.4, 0.5) is 0 Å². The Kier molecular flexibility index (Phi) is 7.65. The molecule has 0 unspecified atom stereocenters. The van der Waals surface area contributed by atoms with Crippen molar-refractivity contribution in [1.29, 1.82) is 0 Å². The van der Waals surface area contributed by atoms with Crippen LogP contribution in [0, 0.1) is 23.7 Å². The maximum atomic E-state index is 11.8. The Morgan fingerprint density at radius 1 is 0.969 bits per heavy atom. The maximum absolute atomic E-state index is 11.8. The molecule has 0 bridgehead atoms. The lowest BCUT2D eigenvalue weighted by molar-refractivity contribution is -0.142. The summed E-state index contributed by atoms with van der Waals surface area (Å²) >= 11 is 0. The lowest BCUT2D eigenvalue weighted by Gasteiger charge is -2.31. The molecule has 0 aromatic heterocycles. The molecule has 0 fully saturated rings. The van der Waals surface area contributed by atoms with Gasteiger partial charge in [0.2, 0.25) is 6.29 Å². The van der Waals surface area contributed by atoms with Crippen molar-refractivity contribution in [2.45, 2.75) is 25.6 Å². The van der Waals surface area contributed by atoms with Crippen molar-refractivity contribution in [3.8, 4) is 0 Å². The second-order valence-corrected chi connectivity index (χ2v) is 7.98. The van der Waals surface area contributed by atoms with Crippen LogP contribution in [0.2, 0.25) is 0 Å². The predicted octanol–water partition coefficient (Wildman–Crippen LogP) is 0.560. The van der Waals surface area contributed by atoms with Crippen LogP contribution in [-0.2, 0) is 28.6 Å². The first-order valence-corrected chi connectivity index (χ1v) is 10.4. The number of aliphatic hydroxyl groups excluding tert-OH is 3. The minimum Gasteiger partial charge on any atom is -0.472 e. The van der Waals surface area contributed by atoms with Crippen LogP contribution in [0.15, 0.2) is 46.8 Å². The zero-order chi connectivity index (χ0) is 23.4. The standard InChI is InChI=1S/C12H14O4.C11H14O5/c1-16-12(15)9-4-5-10(14)11-7(6-13)2-3-8(9)11;1-15-10(13)8-5-16-11(14)9-6(4-12)2-3-7(8)9/h2,4,8,11,13H,3,5-6H2,1H3;2,5,7,9,11-12,14H,3-4H2,1H3/t8-,11-;7-,9-,11-/m11/s1. The molecule has 3 N–H and O–H groups in total. The van der Waals surface area contributed by atoms with E-state index in [1.165, 1.54) is 20.5 Å². The van der Waals surface area contributed by atoms with E-state index in [0.717, 1.165) is 5.57 Å². The van der Waals surface area contributed by atoms with Crippen LogP contribution < -0.4 is 0 Å². The van der Waals surface area contributed by atoms with E-state index in [-0.39, 0.29) is 55.1 Å². The van der Waals surface area contributed by atoms with Crippen LogP contribution in [-0.4, -0.2) is 66.8 Å². The molecule has 1 heterocycles. The van der Waals surface area contributed by atoms with Gasteiger partial charge in [0.05, 0.1) is 45.2 Å². The molecule has 0 aromatic carbocycles. The Morgan fingerprint density at radius 2 is 1.56 bits per heavy atom. The monoisotopic (exact) mass is 448 g/mol. The van der Waals surface area contributed by atoms with Gasteiger partial charge >= 0.3 is 11.9 Å². The van der Waals surface area contributed by atoms with Crippen molar-refractivity contribution >= 4 is 17.7 Å². The molecule has 9 heteroatoms. The van der Waals surface area contributed by atoms with Crippen molar-refractivity contribution in [1.82, 2.24) is 0 Å². The highest BCUT2D eigenvalue weighted by Gasteiger charge is 2.43. The number of ether oxygens (including phenoxy) is 3. The van der Waals surface area contributed by atoms with Crippen molar-refractivity contribution in [2.24, 2.45) is 23.7 Å². The summed E-state index contributed by atoms with van der Waals surface area (Å²) in [5.74, 6) is -1.68. The molecule has 9 nitrogen and oxygen atoms in total. The number of Topliss-reactive ketones (excluding diaryl/α,β-unsaturated/α-hetero) is 1. The smallest absolute Gasteiger partial charge is 0.337 e. The fraction of sp³-hybridized carbons (Fsp3) is 0.522. The van der Waals surface area contributed by atoms with Crippen molar-refractivity contribution in [3.63, 3.8) is 0 Å². The topological polar surface area (TPSA) is 140 Å². The van der Waals surface area contributed by atoms with Gasteiger partial charge < -0.3 is 29.5 Å². The van der Waals surface area contributed by atoms with E-state index in [1.807, 2.05) is 12.2 Å². The Bertz CT molecular complexity index is 895. The van der Waals surface area contributed by atoms with E-state index in [9.17, 15) is 19.5 Å². The molecular weight excluding hydrogens is 420 g/mol. The summed E-state index contributed by atoms with van der Waals surface area (Å²) in [5.41, 5.74) is 2.45. The molecule has 1 aliphatic heterocycles. The first-order valence-electron chi connectivity index (χ1n) is 10.4. The van der Waals surface area contributed by atoms with Gasteiger partial charge in [-0.05, 0) is 24.0 Å². The minimum atomic E-state index is -1.00. The molecule has 32 heavy (non-hydrogen) atoms. The Balaban J connectivity index is 0.000000181. The third-order valence-corrected chi connectivity index (χ3v) is 6.45. The fourth-order valence-corrected chi connectivity index (χ4v) is 4.87. The van der Waals surface area contributed by atoms with E-state index in [2.05, 4.69) is 4.74 Å². The number of carbonyl (C=O) groups excluding carboxylic acids is 3. The largest absolute Gasteiger partial charge is 0.472 e. The van der Waals surface area contributed by atoms with E-state index in [4.69, 9.17) is 19.7 Å². The summed E-state index contributed by atoms with van der Waals surface area (Å²) in [6.07, 6.45) is 7.10. The fourth-order valence-electron chi connectivity index (χ4n) is 4.87. The van der Waals surface area contributed by atoms with Gasteiger partial charge in [-0.15, -0.1) is 0 Å². The van der Waals surface area contributed by atoms with Gasteiger partial charge in [-0.2, -0.15) is 0 Å². The SMILES string of the molecule is COC(=O)C1=CCC(=O)[C@@H]2C(CO)=CC[C@H]12.COC(=O)C1=CO[C@@H](O)[C@@H]2C(CO)=CC[C@H]12. The van der Waals surface area contributed by atoms with Gasteiger partial charge in [0.1, 0.15) is 5.78 Å². The average molecular weight is 448 g/mol. The predicted molar refractivity (Wildman–Crippen MR) is 110 cm³/mol. The highest BCUT2D eigenvalue weighted by molar-refractivity contribution is 5.96. The third kappa shape index (κ3) is 4.41. The number of methoxy groups -OCH3 is 2. The third-order valence-electron chi connectivity index (χ3n) is 6.45. The summed E-state index contributed by atoms with van der Waals surface area (Å²) in [4.78, 5) is 34.7. The summed E-state index contributed by atoms with van der Waals surface area (Å²) in [5, 5.41) is 28.0. The summed E-state index contributed by atoms with van der Waals surface area (Å²) < 4.78 is 14.3. The number of fused-ring (bicyclic) bond motifs is 2. The lowest BCUT2D eigenvalue weighted by atomic mass is 9.77. The molecule has 0 amide bonds. The van der Waals surface area contributed by atoms with Crippen LogP contribution in [0.25, 0.3) is 0 Å². The van der Waals surface area contributed by atoms with Crippen molar-refractivity contribution in [3.05, 3.63) is 46.8 Å². The van der Waals surface area contributed by atoms with Gasteiger partial charge in [-0.25, -0.2) is 9.59 Å². The molecule has 0 spiro atoms. The van der Waals surface area contributed by atoms with Gasteiger partial charge in [0.25, 0.3) is 0 Å². The van der Waals surface area contributed by atoms with E-state index >= 15 is 0 Å². The molecule has 0 aromatic rings. The van der Waals surface area contributed by atoms with Gasteiger partial charge in [-0.1, -0.05) is 18.2 Å². The lowest BCUT2D eigenvalue weighted by Crippen LogP contribution is -2.35. The van der Waals surface area contributed by atoms with E-state index < -0.39 is 12.3 Å². The number of rotatable bonds is 4. The number of hydrogen-bond acceptors (Lipinski definition) is 9. The van der Waals surface area contributed by atoms with Gasteiger partial charge in [0.15, 0.2) is 0 Å². The second kappa shape index (κ2) is 10.2. The first kappa shape index (κ1) is 23.9. The number of hydrogen-bond donors (Lipinski definition) is 3.